The van der Waals surface area contributed by atoms with Gasteiger partial charge in [-0.05, 0) is 36.8 Å². The number of fused-ring (bicyclic) bond motifs is 1. The molecular formula is C17H16N4O2. The predicted octanol–water partition coefficient (Wildman–Crippen LogP) is 2.47. The van der Waals surface area contributed by atoms with Crippen molar-refractivity contribution in [3.05, 3.63) is 54.6 Å². The van der Waals surface area contributed by atoms with Crippen LogP contribution in [-0.4, -0.2) is 33.2 Å². The fraction of sp³-hybridized carbons (Fsp3) is 0.235. The summed E-state index contributed by atoms with van der Waals surface area (Å²) in [6.07, 6.45) is 6.41. The normalized spacial score (nSPS) is 17.0. The number of carbonyl (C=O) groups is 1. The van der Waals surface area contributed by atoms with Crippen LogP contribution in [0.4, 0.5) is 5.69 Å². The van der Waals surface area contributed by atoms with Crippen LogP contribution in [0.2, 0.25) is 0 Å². The Kier molecular flexibility index (Phi) is 3.51. The van der Waals surface area contributed by atoms with Crippen molar-refractivity contribution in [2.24, 2.45) is 0 Å². The lowest BCUT2D eigenvalue weighted by Gasteiger charge is -2.26. The minimum absolute atomic E-state index is 0.160. The van der Waals surface area contributed by atoms with E-state index in [0.29, 0.717) is 11.3 Å². The van der Waals surface area contributed by atoms with Gasteiger partial charge in [0.25, 0.3) is 5.91 Å². The number of ether oxygens (including phenoxy) is 1. The van der Waals surface area contributed by atoms with Crippen LogP contribution >= 0.6 is 0 Å². The highest BCUT2D eigenvalue weighted by atomic mass is 16.5. The molecule has 0 unspecified atom stereocenters. The van der Waals surface area contributed by atoms with Crippen LogP contribution < -0.4 is 5.32 Å². The molecule has 23 heavy (non-hydrogen) atoms. The Balaban J connectivity index is 1.59. The van der Waals surface area contributed by atoms with Crippen LogP contribution in [0.3, 0.4) is 0 Å². The van der Waals surface area contributed by atoms with Crippen molar-refractivity contribution in [1.82, 2.24) is 14.5 Å². The number of pyridine rings is 1. The molecule has 1 aliphatic heterocycles. The molecule has 0 saturated carbocycles. The number of nitrogens with zero attached hydrogens (tertiary/aromatic N) is 3. The Labute approximate surface area is 133 Å². The summed E-state index contributed by atoms with van der Waals surface area (Å²) in [6.45, 7) is 1.60. The summed E-state index contributed by atoms with van der Waals surface area (Å²) in [7, 11) is 0. The summed E-state index contributed by atoms with van der Waals surface area (Å²) in [6, 6.07) is 9.11. The van der Waals surface area contributed by atoms with Crippen LogP contribution in [0.1, 0.15) is 16.8 Å². The first kappa shape index (κ1) is 13.9. The number of anilines is 1. The van der Waals surface area contributed by atoms with Gasteiger partial charge in [-0.2, -0.15) is 0 Å². The predicted molar refractivity (Wildman–Crippen MR) is 86.3 cm³/mol. The summed E-state index contributed by atoms with van der Waals surface area (Å²) in [5, 5.41) is 2.84. The molecule has 4 rings (SSSR count). The van der Waals surface area contributed by atoms with Crippen LogP contribution in [0, 0.1) is 0 Å². The molecule has 1 saturated heterocycles. The molecule has 1 aromatic carbocycles. The zero-order valence-corrected chi connectivity index (χ0v) is 12.5. The zero-order valence-electron chi connectivity index (χ0n) is 12.5. The van der Waals surface area contributed by atoms with Gasteiger partial charge in [-0.1, -0.05) is 0 Å². The topological polar surface area (TPSA) is 69.0 Å². The van der Waals surface area contributed by atoms with Crippen LogP contribution in [0.5, 0.6) is 0 Å². The molecule has 1 amide bonds. The first-order chi connectivity index (χ1) is 11.3. The van der Waals surface area contributed by atoms with Gasteiger partial charge in [-0.15, -0.1) is 0 Å². The molecule has 0 aliphatic carbocycles. The fourth-order valence-electron chi connectivity index (χ4n) is 2.63. The van der Waals surface area contributed by atoms with Crippen molar-refractivity contribution in [2.75, 3.05) is 11.9 Å². The van der Waals surface area contributed by atoms with Crippen molar-refractivity contribution in [3.63, 3.8) is 0 Å². The van der Waals surface area contributed by atoms with Gasteiger partial charge in [-0.3, -0.25) is 9.78 Å². The standard InChI is InChI=1S/C17H16N4O2/c22-17(20-13-2-1-6-18-9-13)12-3-4-15-16(8-12)21(11-19-15)10-14-5-7-23-14/h1-4,6,8-9,11,14H,5,7,10H2,(H,20,22)/t14-/m0/s1. The first-order valence-corrected chi connectivity index (χ1v) is 7.57. The molecule has 0 radical (unpaired) electrons. The van der Waals surface area contributed by atoms with E-state index in [1.54, 1.807) is 30.9 Å². The van der Waals surface area contributed by atoms with Gasteiger partial charge in [0.2, 0.25) is 0 Å². The van der Waals surface area contributed by atoms with E-state index in [1.165, 1.54) is 0 Å². The zero-order chi connectivity index (χ0) is 15.6. The Morgan fingerprint density at radius 1 is 1.39 bits per heavy atom. The summed E-state index contributed by atoms with van der Waals surface area (Å²) in [4.78, 5) is 20.8. The van der Waals surface area contributed by atoms with Crippen molar-refractivity contribution in [3.8, 4) is 0 Å². The highest BCUT2D eigenvalue weighted by Crippen LogP contribution is 2.20. The van der Waals surface area contributed by atoms with E-state index in [-0.39, 0.29) is 12.0 Å². The Hall–Kier alpha value is -2.73. The minimum Gasteiger partial charge on any atom is -0.376 e. The highest BCUT2D eigenvalue weighted by molar-refractivity contribution is 6.05. The van der Waals surface area contributed by atoms with Gasteiger partial charge < -0.3 is 14.6 Å². The number of hydrogen-bond donors (Lipinski definition) is 1. The van der Waals surface area contributed by atoms with Gasteiger partial charge in [0, 0.05) is 18.4 Å². The number of nitrogens with one attached hydrogen (secondary N) is 1. The van der Waals surface area contributed by atoms with Gasteiger partial charge in [0.15, 0.2) is 0 Å². The van der Waals surface area contributed by atoms with Crippen molar-refractivity contribution < 1.29 is 9.53 Å². The second kappa shape index (κ2) is 5.81. The van der Waals surface area contributed by atoms with Gasteiger partial charge in [-0.25, -0.2) is 4.98 Å². The van der Waals surface area contributed by atoms with Crippen molar-refractivity contribution in [1.29, 1.82) is 0 Å². The minimum atomic E-state index is -0.160. The maximum atomic E-state index is 12.4. The number of hydrogen-bond acceptors (Lipinski definition) is 4. The lowest BCUT2D eigenvalue weighted by Crippen LogP contribution is -2.30. The highest BCUT2D eigenvalue weighted by Gasteiger charge is 2.19. The molecule has 3 heterocycles. The number of benzene rings is 1. The van der Waals surface area contributed by atoms with Crippen LogP contribution in [0.15, 0.2) is 49.1 Å². The lowest BCUT2D eigenvalue weighted by atomic mass is 10.1. The monoisotopic (exact) mass is 308 g/mol. The maximum absolute atomic E-state index is 12.4. The third-order valence-corrected chi connectivity index (χ3v) is 4.00. The molecule has 2 aromatic heterocycles. The Bertz CT molecular complexity index is 840. The van der Waals surface area contributed by atoms with Crippen LogP contribution in [0.25, 0.3) is 11.0 Å². The molecule has 1 atom stereocenters. The average Bonchev–Trinajstić information content (AvgIpc) is 2.94. The molecule has 0 bridgehead atoms. The largest absolute Gasteiger partial charge is 0.376 e. The molecule has 1 aliphatic rings. The molecule has 1 fully saturated rings. The molecule has 116 valence electrons. The maximum Gasteiger partial charge on any atom is 0.255 e. The third-order valence-electron chi connectivity index (χ3n) is 4.00. The molecule has 0 spiro atoms. The van der Waals surface area contributed by atoms with Gasteiger partial charge in [0.1, 0.15) is 0 Å². The molecule has 6 heteroatoms. The second-order valence-electron chi connectivity index (χ2n) is 5.58. The number of rotatable bonds is 4. The summed E-state index contributed by atoms with van der Waals surface area (Å²) in [5.41, 5.74) is 3.09. The SMILES string of the molecule is O=C(Nc1cccnc1)c1ccc2ncn(C[C@@H]3CCO3)c2c1. The van der Waals surface area contributed by atoms with E-state index < -0.39 is 0 Å². The van der Waals surface area contributed by atoms with E-state index in [0.717, 1.165) is 30.6 Å². The third kappa shape index (κ3) is 2.80. The number of carbonyl (C=O) groups excluding carboxylic acids is 1. The molecule has 3 aromatic rings. The molecule has 1 N–H and O–H groups in total. The van der Waals surface area contributed by atoms with E-state index >= 15 is 0 Å². The quantitative estimate of drug-likeness (QED) is 0.804. The van der Waals surface area contributed by atoms with Gasteiger partial charge in [0.05, 0.1) is 41.9 Å². The second-order valence-corrected chi connectivity index (χ2v) is 5.58. The number of aromatic nitrogens is 3. The fourth-order valence-corrected chi connectivity index (χ4v) is 2.63. The summed E-state index contributed by atoms with van der Waals surface area (Å²) in [5.74, 6) is -0.160. The summed E-state index contributed by atoms with van der Waals surface area (Å²) >= 11 is 0. The number of imidazole rings is 1. The number of amides is 1. The van der Waals surface area contributed by atoms with E-state index in [1.807, 2.05) is 22.8 Å². The molecular weight excluding hydrogens is 292 g/mol. The Morgan fingerprint density at radius 3 is 3.04 bits per heavy atom. The van der Waals surface area contributed by atoms with Gasteiger partial charge >= 0.3 is 0 Å². The Morgan fingerprint density at radius 2 is 2.30 bits per heavy atom. The molecule has 6 nitrogen and oxygen atoms in total. The van der Waals surface area contributed by atoms with Crippen LogP contribution in [-0.2, 0) is 11.3 Å². The summed E-state index contributed by atoms with van der Waals surface area (Å²) < 4.78 is 7.52. The van der Waals surface area contributed by atoms with E-state index in [4.69, 9.17) is 4.74 Å². The van der Waals surface area contributed by atoms with E-state index in [9.17, 15) is 4.79 Å². The van der Waals surface area contributed by atoms with E-state index in [2.05, 4.69) is 15.3 Å². The smallest absolute Gasteiger partial charge is 0.255 e. The lowest BCUT2D eigenvalue weighted by molar-refractivity contribution is -0.0586. The average molecular weight is 308 g/mol. The van der Waals surface area contributed by atoms with Crippen molar-refractivity contribution >= 4 is 22.6 Å². The van der Waals surface area contributed by atoms with Crippen molar-refractivity contribution in [2.45, 2.75) is 19.1 Å². The first-order valence-electron chi connectivity index (χ1n) is 7.57.